The fourth-order valence-corrected chi connectivity index (χ4v) is 9.98. The van der Waals surface area contributed by atoms with Crippen molar-refractivity contribution in [1.82, 2.24) is 0 Å². The lowest BCUT2D eigenvalue weighted by Crippen LogP contribution is -2.63. The monoisotopic (exact) mass is 452 g/mol. The minimum Gasteiger partial charge on any atom is -0.463 e. The Bertz CT molecular complexity index is 709. The van der Waals surface area contributed by atoms with Crippen LogP contribution in [0.3, 0.4) is 0 Å². The van der Waals surface area contributed by atoms with Crippen LogP contribution in [0.4, 0.5) is 0 Å². The number of hydrogen-bond acceptors (Lipinski definition) is 4. The number of hydrogen-bond donors (Lipinski definition) is 0. The number of ether oxygens (including phenoxy) is 2. The van der Waals surface area contributed by atoms with E-state index < -0.39 is 0 Å². The molecular formula is C23H33BrO4. The van der Waals surface area contributed by atoms with Gasteiger partial charge in [-0.2, -0.15) is 0 Å². The van der Waals surface area contributed by atoms with Gasteiger partial charge in [-0.25, -0.2) is 0 Å². The van der Waals surface area contributed by atoms with Crippen LogP contribution in [-0.4, -0.2) is 34.9 Å². The highest BCUT2D eigenvalue weighted by Crippen LogP contribution is 2.72. The van der Waals surface area contributed by atoms with E-state index in [2.05, 4.69) is 22.9 Å². The molecule has 28 heavy (non-hydrogen) atoms. The smallest absolute Gasteiger partial charge is 0.302 e. The Morgan fingerprint density at radius 2 is 1.86 bits per heavy atom. The molecule has 5 rings (SSSR count). The van der Waals surface area contributed by atoms with Gasteiger partial charge in [0.15, 0.2) is 0 Å². The molecule has 4 nitrogen and oxygen atoms in total. The molecule has 0 aromatic carbocycles. The number of Topliss-reactive ketones (excluding diaryl/α,β-unsaturated/α-hetero) is 1. The Kier molecular flexibility index (Phi) is 4.39. The fourth-order valence-electron chi connectivity index (χ4n) is 8.70. The predicted octanol–water partition coefficient (Wildman–Crippen LogP) is 4.67. The van der Waals surface area contributed by atoms with E-state index in [0.29, 0.717) is 23.5 Å². The van der Waals surface area contributed by atoms with Gasteiger partial charge >= 0.3 is 5.97 Å². The summed E-state index contributed by atoms with van der Waals surface area (Å²) in [5.74, 6) is 2.47. The van der Waals surface area contributed by atoms with E-state index >= 15 is 0 Å². The molecule has 1 unspecified atom stereocenters. The maximum Gasteiger partial charge on any atom is 0.302 e. The van der Waals surface area contributed by atoms with Gasteiger partial charge in [0.1, 0.15) is 11.9 Å². The normalized spacial score (nSPS) is 54.4. The molecule has 4 saturated carbocycles. The van der Waals surface area contributed by atoms with Crippen molar-refractivity contribution in [3.05, 3.63) is 0 Å². The molecule has 5 aliphatic rings. The zero-order chi connectivity index (χ0) is 19.9. The molecule has 0 aromatic heterocycles. The number of rotatable bonds is 2. The topological polar surface area (TPSA) is 52.6 Å². The first-order valence-electron chi connectivity index (χ1n) is 11.2. The average Bonchev–Trinajstić information content (AvgIpc) is 3.04. The van der Waals surface area contributed by atoms with Crippen molar-refractivity contribution < 1.29 is 19.1 Å². The van der Waals surface area contributed by atoms with Gasteiger partial charge < -0.3 is 9.47 Å². The lowest BCUT2D eigenvalue weighted by Gasteiger charge is -2.62. The molecule has 0 aromatic rings. The Balaban J connectivity index is 1.46. The van der Waals surface area contributed by atoms with Crippen LogP contribution in [-0.2, 0) is 19.1 Å². The molecule has 0 radical (unpaired) electrons. The van der Waals surface area contributed by atoms with Crippen LogP contribution in [0.15, 0.2) is 0 Å². The summed E-state index contributed by atoms with van der Waals surface area (Å²) in [6.45, 7) is 6.56. The third-order valence-electron chi connectivity index (χ3n) is 9.77. The molecule has 5 heteroatoms. The second-order valence-corrected chi connectivity index (χ2v) is 12.1. The Morgan fingerprint density at radius 1 is 1.07 bits per heavy atom. The lowest BCUT2D eigenvalue weighted by molar-refractivity contribution is -0.155. The Labute approximate surface area is 176 Å². The Hall–Kier alpha value is -0.420. The summed E-state index contributed by atoms with van der Waals surface area (Å²) in [6, 6.07) is 0. The van der Waals surface area contributed by atoms with E-state index in [9.17, 15) is 9.59 Å². The second kappa shape index (κ2) is 6.29. The maximum atomic E-state index is 12.3. The van der Waals surface area contributed by atoms with E-state index in [1.54, 1.807) is 6.92 Å². The molecule has 1 aliphatic heterocycles. The molecule has 9 atom stereocenters. The quantitative estimate of drug-likeness (QED) is 0.450. The van der Waals surface area contributed by atoms with Crippen LogP contribution in [0.2, 0.25) is 0 Å². The van der Waals surface area contributed by atoms with Gasteiger partial charge in [-0.3, -0.25) is 9.59 Å². The molecule has 0 N–H and O–H groups in total. The average molecular weight is 453 g/mol. The SMILES string of the molecule is CC(=O)O[C@H]1CC[C@]23COC(C[C@H]4[C@@H]5CC[C@H](C(C)=O)[C@@]5(C)CC[C@@H]42)[C@@]3(Br)C1. The standard InChI is InChI=1S/C23H33BrO4/c1-13(25)17-4-5-18-16-10-20-23(24)11-15(28-14(2)26)6-9-22(23,12-27-20)19(16)7-8-21(17,18)3/h15-20H,4-12H2,1-3H3/t15-,16-,17+,18-,19-,20?,21+,22-,23-/m0/s1. The number of alkyl halides is 1. The summed E-state index contributed by atoms with van der Waals surface area (Å²) < 4.78 is 12.0. The molecule has 156 valence electrons. The first kappa shape index (κ1) is 19.5. The van der Waals surface area contributed by atoms with Crippen molar-refractivity contribution in [2.45, 2.75) is 88.7 Å². The van der Waals surface area contributed by atoms with E-state index in [1.165, 1.54) is 26.2 Å². The third-order valence-corrected chi connectivity index (χ3v) is 11.4. The molecule has 1 heterocycles. The van der Waals surface area contributed by atoms with Gasteiger partial charge in [0, 0.05) is 24.7 Å². The van der Waals surface area contributed by atoms with Crippen LogP contribution in [0.25, 0.3) is 0 Å². The summed E-state index contributed by atoms with van der Waals surface area (Å²) in [5.41, 5.74) is 0.344. The van der Waals surface area contributed by atoms with Crippen molar-refractivity contribution >= 4 is 27.7 Å². The van der Waals surface area contributed by atoms with Gasteiger partial charge in [-0.05, 0) is 75.0 Å². The van der Waals surface area contributed by atoms with E-state index in [0.717, 1.165) is 38.7 Å². The summed E-state index contributed by atoms with van der Waals surface area (Å²) in [7, 11) is 0. The highest BCUT2D eigenvalue weighted by atomic mass is 79.9. The second-order valence-electron chi connectivity index (χ2n) is 10.7. The van der Waals surface area contributed by atoms with Gasteiger partial charge in [0.2, 0.25) is 0 Å². The zero-order valence-electron chi connectivity index (χ0n) is 17.3. The molecule has 1 saturated heterocycles. The van der Waals surface area contributed by atoms with Crippen molar-refractivity contribution in [3.8, 4) is 0 Å². The predicted molar refractivity (Wildman–Crippen MR) is 109 cm³/mol. The number of carbonyl (C=O) groups is 2. The molecule has 4 aliphatic carbocycles. The van der Waals surface area contributed by atoms with Crippen LogP contribution in [0, 0.1) is 34.5 Å². The van der Waals surface area contributed by atoms with Crippen molar-refractivity contribution in [2.75, 3.05) is 6.61 Å². The number of esters is 1. The first-order valence-corrected chi connectivity index (χ1v) is 12.0. The van der Waals surface area contributed by atoms with Crippen molar-refractivity contribution in [1.29, 1.82) is 0 Å². The fraction of sp³-hybridized carbons (Fsp3) is 0.913. The van der Waals surface area contributed by atoms with Crippen molar-refractivity contribution in [3.63, 3.8) is 0 Å². The van der Waals surface area contributed by atoms with Crippen LogP contribution in [0.5, 0.6) is 0 Å². The van der Waals surface area contributed by atoms with Crippen LogP contribution in [0.1, 0.15) is 72.1 Å². The van der Waals surface area contributed by atoms with E-state index in [4.69, 9.17) is 9.47 Å². The first-order chi connectivity index (χ1) is 13.2. The number of carbonyl (C=O) groups excluding carboxylic acids is 2. The number of ketones is 1. The highest BCUT2D eigenvalue weighted by molar-refractivity contribution is 9.10. The van der Waals surface area contributed by atoms with Crippen molar-refractivity contribution in [2.24, 2.45) is 34.5 Å². The van der Waals surface area contributed by atoms with Crippen LogP contribution < -0.4 is 0 Å². The molecule has 2 bridgehead atoms. The highest BCUT2D eigenvalue weighted by Gasteiger charge is 2.72. The summed E-state index contributed by atoms with van der Waals surface area (Å²) in [5, 5.41) is 0. The Morgan fingerprint density at radius 3 is 2.57 bits per heavy atom. The molecule has 5 fully saturated rings. The van der Waals surface area contributed by atoms with Gasteiger partial charge in [0.25, 0.3) is 0 Å². The molecule has 0 amide bonds. The van der Waals surface area contributed by atoms with Gasteiger partial charge in [-0.15, -0.1) is 0 Å². The lowest BCUT2D eigenvalue weighted by atomic mass is 9.44. The minimum absolute atomic E-state index is 0.00757. The van der Waals surface area contributed by atoms with Crippen LogP contribution >= 0.6 is 15.9 Å². The summed E-state index contributed by atoms with van der Waals surface area (Å²) in [4.78, 5) is 23.9. The van der Waals surface area contributed by atoms with E-state index in [-0.39, 0.29) is 39.2 Å². The number of halogens is 1. The van der Waals surface area contributed by atoms with E-state index in [1.807, 2.05) is 0 Å². The summed E-state index contributed by atoms with van der Waals surface area (Å²) >= 11 is 4.20. The molecular weight excluding hydrogens is 420 g/mol. The summed E-state index contributed by atoms with van der Waals surface area (Å²) in [6.07, 6.45) is 8.86. The minimum atomic E-state index is -0.173. The molecule has 0 spiro atoms. The zero-order valence-corrected chi connectivity index (χ0v) is 18.9. The maximum absolute atomic E-state index is 12.3. The number of fused-ring (bicyclic) bond motifs is 3. The third kappa shape index (κ3) is 2.38. The van der Waals surface area contributed by atoms with Gasteiger partial charge in [0.05, 0.1) is 17.0 Å². The largest absolute Gasteiger partial charge is 0.463 e. The van der Waals surface area contributed by atoms with Gasteiger partial charge in [-0.1, -0.05) is 22.9 Å².